The van der Waals surface area contributed by atoms with Gasteiger partial charge in [-0.15, -0.1) is 12.3 Å². The van der Waals surface area contributed by atoms with Crippen LogP contribution in [0.4, 0.5) is 0 Å². The summed E-state index contributed by atoms with van der Waals surface area (Å²) in [7, 11) is -3.46. The number of aromatic nitrogens is 1. The minimum Gasteiger partial charge on any atom is -0.232 e. The van der Waals surface area contributed by atoms with Crippen molar-refractivity contribution in [2.24, 2.45) is 0 Å². The Hall–Kier alpha value is -0.610. The maximum atomic E-state index is 11.6. The lowest BCUT2D eigenvalue weighted by atomic mass is 10.2. The molecule has 0 amide bonds. The predicted molar refractivity (Wildman–Crippen MR) is 65.0 cm³/mol. The van der Waals surface area contributed by atoms with Crippen molar-refractivity contribution < 1.29 is 8.42 Å². The summed E-state index contributed by atoms with van der Waals surface area (Å²) < 4.78 is 26.1. The van der Waals surface area contributed by atoms with E-state index in [4.69, 9.17) is 18.0 Å². The van der Waals surface area contributed by atoms with Crippen molar-refractivity contribution in [2.45, 2.75) is 23.5 Å². The summed E-state index contributed by atoms with van der Waals surface area (Å²) in [6.45, 7) is 0.375. The number of hydrogen-bond acceptors (Lipinski definition) is 4. The van der Waals surface area contributed by atoms with Gasteiger partial charge in [0.2, 0.25) is 0 Å². The highest BCUT2D eigenvalue weighted by atomic mass is 35.5. The minimum atomic E-state index is -3.46. The van der Waals surface area contributed by atoms with Crippen LogP contribution >= 0.6 is 22.9 Å². The first-order chi connectivity index (χ1) is 7.56. The lowest BCUT2D eigenvalue weighted by Crippen LogP contribution is -2.23. The van der Waals surface area contributed by atoms with Crippen LogP contribution in [-0.4, -0.2) is 19.9 Å². The van der Waals surface area contributed by atoms with Gasteiger partial charge in [0.1, 0.15) is 0 Å². The molecule has 4 nitrogen and oxygen atoms in total. The van der Waals surface area contributed by atoms with Crippen LogP contribution in [0.5, 0.6) is 0 Å². The second-order valence-electron chi connectivity index (χ2n) is 2.99. The summed E-state index contributed by atoms with van der Waals surface area (Å²) in [6.07, 6.45) is 8.51. The molecule has 0 aromatic carbocycles. The zero-order valence-electron chi connectivity index (χ0n) is 8.44. The lowest BCUT2D eigenvalue weighted by Gasteiger charge is -2.02. The van der Waals surface area contributed by atoms with Gasteiger partial charge in [0.05, 0.1) is 6.20 Å². The smallest absolute Gasteiger partial charge is 0.232 e. The van der Waals surface area contributed by atoms with Crippen LogP contribution in [-0.2, 0) is 10.0 Å². The molecule has 88 valence electrons. The molecule has 1 rings (SSSR count). The molecule has 1 heterocycles. The Kier molecular flexibility index (Phi) is 5.22. The van der Waals surface area contributed by atoms with Crippen molar-refractivity contribution in [2.75, 3.05) is 6.54 Å². The number of nitrogens with one attached hydrogen (secondary N) is 1. The van der Waals surface area contributed by atoms with Gasteiger partial charge in [-0.1, -0.05) is 22.9 Å². The number of hydrogen-bond donors (Lipinski definition) is 1. The third-order valence-electron chi connectivity index (χ3n) is 1.76. The van der Waals surface area contributed by atoms with Crippen molar-refractivity contribution in [3.05, 3.63) is 10.7 Å². The van der Waals surface area contributed by atoms with Gasteiger partial charge in [0.25, 0.3) is 10.0 Å². The predicted octanol–water partition coefficient (Wildman–Crippen LogP) is 1.88. The molecule has 0 spiro atoms. The molecule has 0 saturated carbocycles. The topological polar surface area (TPSA) is 59.1 Å². The second-order valence-corrected chi connectivity index (χ2v) is 6.60. The van der Waals surface area contributed by atoms with Crippen LogP contribution in [0.3, 0.4) is 0 Å². The average Bonchev–Trinajstić information content (AvgIpc) is 2.65. The van der Waals surface area contributed by atoms with Crippen molar-refractivity contribution >= 4 is 33.0 Å². The number of nitrogens with zero attached hydrogens (tertiary/aromatic N) is 1. The van der Waals surface area contributed by atoms with Crippen LogP contribution < -0.4 is 4.72 Å². The van der Waals surface area contributed by atoms with E-state index in [1.165, 1.54) is 6.20 Å². The monoisotopic (exact) mass is 278 g/mol. The van der Waals surface area contributed by atoms with E-state index in [1.54, 1.807) is 0 Å². The minimum absolute atomic E-state index is 0.134. The average molecular weight is 279 g/mol. The number of terminal acetylenes is 1. The molecule has 1 N–H and O–H groups in total. The van der Waals surface area contributed by atoms with Crippen LogP contribution in [0.15, 0.2) is 10.4 Å². The Bertz CT molecular complexity index is 476. The number of sulfonamides is 1. The van der Waals surface area contributed by atoms with Crippen molar-refractivity contribution in [1.29, 1.82) is 0 Å². The fourth-order valence-electron chi connectivity index (χ4n) is 0.993. The van der Waals surface area contributed by atoms with Crippen molar-refractivity contribution in [1.82, 2.24) is 9.71 Å². The summed E-state index contributed by atoms with van der Waals surface area (Å²) in [6, 6.07) is 0. The second kappa shape index (κ2) is 6.21. The van der Waals surface area contributed by atoms with Gasteiger partial charge >= 0.3 is 0 Å². The van der Waals surface area contributed by atoms with E-state index < -0.39 is 10.0 Å². The SMILES string of the molecule is C#CCCCCNS(=O)(=O)c1cnc(Cl)s1. The first-order valence-corrected chi connectivity index (χ1v) is 7.28. The maximum Gasteiger partial charge on any atom is 0.251 e. The molecule has 0 fully saturated rings. The third kappa shape index (κ3) is 4.10. The van der Waals surface area contributed by atoms with E-state index in [9.17, 15) is 8.42 Å². The number of halogens is 1. The Morgan fingerprint density at radius 1 is 1.56 bits per heavy atom. The van der Waals surface area contributed by atoms with Gasteiger partial charge in [0.15, 0.2) is 8.68 Å². The van der Waals surface area contributed by atoms with Crippen molar-refractivity contribution in [3.8, 4) is 12.3 Å². The zero-order valence-corrected chi connectivity index (χ0v) is 10.8. The number of thiazole rings is 1. The van der Waals surface area contributed by atoms with Crippen LogP contribution in [0.25, 0.3) is 0 Å². The first kappa shape index (κ1) is 13.5. The van der Waals surface area contributed by atoms with E-state index in [2.05, 4.69) is 15.6 Å². The largest absolute Gasteiger partial charge is 0.251 e. The summed E-state index contributed by atoms with van der Waals surface area (Å²) in [4.78, 5) is 3.68. The Labute approximate surface area is 104 Å². The van der Waals surface area contributed by atoms with E-state index in [1.807, 2.05) is 0 Å². The molecule has 0 atom stereocenters. The molecule has 0 unspecified atom stereocenters. The zero-order chi connectivity index (χ0) is 12.0. The maximum absolute atomic E-state index is 11.6. The summed E-state index contributed by atoms with van der Waals surface area (Å²) in [5, 5.41) is 0. The van der Waals surface area contributed by atoms with Gasteiger partial charge in [-0.2, -0.15) is 0 Å². The molecule has 1 aromatic rings. The van der Waals surface area contributed by atoms with Crippen LogP contribution in [0.1, 0.15) is 19.3 Å². The fraction of sp³-hybridized carbons (Fsp3) is 0.444. The standard InChI is InChI=1S/C9H11ClN2O2S2/c1-2-3-4-5-6-12-16(13,14)8-7-11-9(10)15-8/h1,7,12H,3-6H2. The number of unbranched alkanes of at least 4 members (excludes halogenated alkanes) is 2. The molecule has 0 aliphatic rings. The Morgan fingerprint density at radius 3 is 2.88 bits per heavy atom. The molecular formula is C9H11ClN2O2S2. The lowest BCUT2D eigenvalue weighted by molar-refractivity contribution is 0.579. The molecule has 1 aromatic heterocycles. The van der Waals surface area contributed by atoms with Gasteiger partial charge in [0, 0.05) is 13.0 Å². The van der Waals surface area contributed by atoms with Crippen LogP contribution in [0.2, 0.25) is 4.47 Å². The highest BCUT2D eigenvalue weighted by Gasteiger charge is 2.16. The molecule has 0 radical (unpaired) electrons. The van der Waals surface area contributed by atoms with Crippen LogP contribution in [0, 0.1) is 12.3 Å². The summed E-state index contributed by atoms with van der Waals surface area (Å²) in [5.41, 5.74) is 0. The van der Waals surface area contributed by atoms with E-state index in [0.29, 0.717) is 13.0 Å². The highest BCUT2D eigenvalue weighted by molar-refractivity contribution is 7.91. The quantitative estimate of drug-likeness (QED) is 0.638. The molecule has 16 heavy (non-hydrogen) atoms. The molecule has 0 aliphatic carbocycles. The van der Waals surface area contributed by atoms with Crippen molar-refractivity contribution in [3.63, 3.8) is 0 Å². The normalized spacial score (nSPS) is 11.2. The molecule has 0 saturated heterocycles. The summed E-state index contributed by atoms with van der Waals surface area (Å²) >= 11 is 6.50. The van der Waals surface area contributed by atoms with E-state index in [-0.39, 0.29) is 8.68 Å². The van der Waals surface area contributed by atoms with Gasteiger partial charge < -0.3 is 0 Å². The first-order valence-electron chi connectivity index (χ1n) is 4.61. The third-order valence-corrected chi connectivity index (χ3v) is 4.80. The fourth-order valence-corrected chi connectivity index (χ4v) is 3.40. The highest BCUT2D eigenvalue weighted by Crippen LogP contribution is 2.21. The number of rotatable bonds is 6. The van der Waals surface area contributed by atoms with Gasteiger partial charge in [-0.05, 0) is 12.8 Å². The van der Waals surface area contributed by atoms with Gasteiger partial charge in [-0.25, -0.2) is 18.1 Å². The Balaban J connectivity index is 2.45. The summed E-state index contributed by atoms with van der Waals surface area (Å²) in [5.74, 6) is 2.50. The Morgan fingerprint density at radius 2 is 2.31 bits per heavy atom. The molecule has 0 bridgehead atoms. The molecule has 0 aliphatic heterocycles. The van der Waals surface area contributed by atoms with E-state index in [0.717, 1.165) is 24.2 Å². The van der Waals surface area contributed by atoms with Gasteiger partial charge in [-0.3, -0.25) is 0 Å². The molecule has 7 heteroatoms. The van der Waals surface area contributed by atoms with E-state index >= 15 is 0 Å². The molecular weight excluding hydrogens is 268 g/mol.